The highest BCUT2D eigenvalue weighted by Crippen LogP contribution is 2.27. The molecule has 0 aromatic heterocycles. The molecule has 29 heavy (non-hydrogen) atoms. The zero-order chi connectivity index (χ0) is 20.8. The lowest BCUT2D eigenvalue weighted by atomic mass is 10.2. The minimum atomic E-state index is -0.320. The van der Waals surface area contributed by atoms with Gasteiger partial charge in [0.25, 0.3) is 5.91 Å². The zero-order valence-corrected chi connectivity index (χ0v) is 16.8. The van der Waals surface area contributed by atoms with Crippen LogP contribution in [-0.4, -0.2) is 61.9 Å². The van der Waals surface area contributed by atoms with Crippen molar-refractivity contribution in [2.24, 2.45) is 0 Å². The van der Waals surface area contributed by atoms with E-state index in [1.807, 2.05) is 0 Å². The van der Waals surface area contributed by atoms with Crippen LogP contribution >= 0.6 is 11.6 Å². The van der Waals surface area contributed by atoms with Gasteiger partial charge in [0.05, 0.1) is 7.11 Å². The number of amides is 1. The second-order valence-electron chi connectivity index (χ2n) is 6.67. The van der Waals surface area contributed by atoms with Crippen molar-refractivity contribution in [3.63, 3.8) is 0 Å². The van der Waals surface area contributed by atoms with Gasteiger partial charge in [0.15, 0.2) is 18.1 Å². The largest absolute Gasteiger partial charge is 0.493 e. The molecule has 2 aromatic carbocycles. The third-order valence-corrected chi connectivity index (χ3v) is 5.20. The summed E-state index contributed by atoms with van der Waals surface area (Å²) in [6.45, 7) is 2.56. The SMILES string of the molecule is COc1cc(C=O)ccc1OCC(=O)N1CCN(Cc2c(F)cccc2Cl)CC1. The van der Waals surface area contributed by atoms with Gasteiger partial charge >= 0.3 is 0 Å². The van der Waals surface area contributed by atoms with Gasteiger partial charge in [-0.2, -0.15) is 0 Å². The average Bonchev–Trinajstić information content (AvgIpc) is 2.75. The fourth-order valence-electron chi connectivity index (χ4n) is 3.17. The number of piperazine rings is 1. The lowest BCUT2D eigenvalue weighted by Crippen LogP contribution is -2.49. The monoisotopic (exact) mass is 420 g/mol. The number of nitrogens with zero attached hydrogens (tertiary/aromatic N) is 2. The van der Waals surface area contributed by atoms with Crippen molar-refractivity contribution in [3.8, 4) is 11.5 Å². The van der Waals surface area contributed by atoms with Crippen LogP contribution in [-0.2, 0) is 11.3 Å². The van der Waals surface area contributed by atoms with Crippen LogP contribution in [0.2, 0.25) is 5.02 Å². The van der Waals surface area contributed by atoms with E-state index in [0.29, 0.717) is 66.7 Å². The fourth-order valence-corrected chi connectivity index (χ4v) is 3.39. The molecule has 0 unspecified atom stereocenters. The van der Waals surface area contributed by atoms with Crippen LogP contribution < -0.4 is 9.47 Å². The summed E-state index contributed by atoms with van der Waals surface area (Å²) in [7, 11) is 1.47. The molecule has 1 heterocycles. The van der Waals surface area contributed by atoms with E-state index in [0.717, 1.165) is 0 Å². The van der Waals surface area contributed by atoms with E-state index >= 15 is 0 Å². The van der Waals surface area contributed by atoms with E-state index in [9.17, 15) is 14.0 Å². The Morgan fingerprint density at radius 3 is 2.59 bits per heavy atom. The smallest absolute Gasteiger partial charge is 0.260 e. The number of carbonyl (C=O) groups is 2. The predicted octanol–water partition coefficient (Wildman–Crippen LogP) is 3.02. The molecule has 1 amide bonds. The average molecular weight is 421 g/mol. The first kappa shape index (κ1) is 21.1. The first-order valence-corrected chi connectivity index (χ1v) is 9.58. The van der Waals surface area contributed by atoms with Gasteiger partial charge < -0.3 is 14.4 Å². The number of ether oxygens (including phenoxy) is 2. The normalized spacial score (nSPS) is 14.5. The van der Waals surface area contributed by atoms with Gasteiger partial charge in [0.1, 0.15) is 12.1 Å². The highest BCUT2D eigenvalue weighted by atomic mass is 35.5. The molecule has 1 aliphatic rings. The molecule has 0 spiro atoms. The third kappa shape index (κ3) is 5.25. The number of halogens is 2. The summed E-state index contributed by atoms with van der Waals surface area (Å²) in [5.74, 6) is 0.335. The molecular formula is C21H22ClFN2O4. The van der Waals surface area contributed by atoms with E-state index in [1.165, 1.54) is 13.2 Å². The molecule has 0 aliphatic carbocycles. The Kier molecular flexibility index (Phi) is 7.06. The summed E-state index contributed by atoms with van der Waals surface area (Å²) >= 11 is 6.09. The van der Waals surface area contributed by atoms with E-state index in [2.05, 4.69) is 4.90 Å². The Hall–Kier alpha value is -2.64. The van der Waals surface area contributed by atoms with E-state index in [-0.39, 0.29) is 18.3 Å². The van der Waals surface area contributed by atoms with E-state index in [1.54, 1.807) is 35.2 Å². The molecule has 0 atom stereocenters. The Balaban J connectivity index is 1.51. The Morgan fingerprint density at radius 1 is 1.17 bits per heavy atom. The number of benzene rings is 2. The van der Waals surface area contributed by atoms with Crippen molar-refractivity contribution >= 4 is 23.8 Å². The number of rotatable bonds is 7. The Bertz CT molecular complexity index is 865. The lowest BCUT2D eigenvalue weighted by molar-refractivity contribution is -0.135. The van der Waals surface area contributed by atoms with Crippen molar-refractivity contribution in [3.05, 3.63) is 58.4 Å². The van der Waals surface area contributed by atoms with Crippen LogP contribution in [0.4, 0.5) is 4.39 Å². The number of carbonyl (C=O) groups excluding carboxylic acids is 2. The van der Waals surface area contributed by atoms with Gasteiger partial charge in [-0.25, -0.2) is 4.39 Å². The highest BCUT2D eigenvalue weighted by molar-refractivity contribution is 6.31. The summed E-state index contributed by atoms with van der Waals surface area (Å²) in [6, 6.07) is 9.41. The second kappa shape index (κ2) is 9.71. The van der Waals surface area contributed by atoms with E-state index < -0.39 is 0 Å². The number of hydrogen-bond acceptors (Lipinski definition) is 5. The van der Waals surface area contributed by atoms with Crippen LogP contribution in [0.3, 0.4) is 0 Å². The van der Waals surface area contributed by atoms with Crippen molar-refractivity contribution in [1.29, 1.82) is 0 Å². The molecular weight excluding hydrogens is 399 g/mol. The molecule has 1 saturated heterocycles. The van der Waals surface area contributed by atoms with Gasteiger partial charge in [-0.15, -0.1) is 0 Å². The van der Waals surface area contributed by atoms with Crippen LogP contribution in [0.25, 0.3) is 0 Å². The summed E-state index contributed by atoms with van der Waals surface area (Å²) in [5, 5.41) is 0.409. The predicted molar refractivity (Wildman–Crippen MR) is 107 cm³/mol. The van der Waals surface area contributed by atoms with Crippen LogP contribution in [0, 0.1) is 5.82 Å². The molecule has 1 aliphatic heterocycles. The zero-order valence-electron chi connectivity index (χ0n) is 16.1. The molecule has 3 rings (SSSR count). The first-order chi connectivity index (χ1) is 14.0. The highest BCUT2D eigenvalue weighted by Gasteiger charge is 2.23. The minimum absolute atomic E-state index is 0.129. The van der Waals surface area contributed by atoms with Gasteiger partial charge in [-0.05, 0) is 30.3 Å². The fraction of sp³-hybridized carbons (Fsp3) is 0.333. The van der Waals surface area contributed by atoms with Gasteiger partial charge in [-0.1, -0.05) is 17.7 Å². The Labute approximate surface area is 173 Å². The van der Waals surface area contributed by atoms with Crippen molar-refractivity contribution < 1.29 is 23.5 Å². The van der Waals surface area contributed by atoms with Crippen LogP contribution in [0.15, 0.2) is 36.4 Å². The van der Waals surface area contributed by atoms with Gasteiger partial charge in [0, 0.05) is 48.9 Å². The molecule has 2 aromatic rings. The molecule has 8 heteroatoms. The molecule has 0 N–H and O–H groups in total. The molecule has 0 bridgehead atoms. The third-order valence-electron chi connectivity index (χ3n) is 4.84. The summed E-state index contributed by atoms with van der Waals surface area (Å²) in [6.07, 6.45) is 0.714. The molecule has 1 fully saturated rings. The number of methoxy groups -OCH3 is 1. The van der Waals surface area contributed by atoms with Crippen molar-refractivity contribution in [1.82, 2.24) is 9.80 Å². The van der Waals surface area contributed by atoms with Gasteiger partial charge in [-0.3, -0.25) is 14.5 Å². The summed E-state index contributed by atoms with van der Waals surface area (Å²) < 4.78 is 24.7. The Morgan fingerprint density at radius 2 is 1.93 bits per heavy atom. The van der Waals surface area contributed by atoms with Crippen LogP contribution in [0.1, 0.15) is 15.9 Å². The topological polar surface area (TPSA) is 59.1 Å². The number of hydrogen-bond donors (Lipinski definition) is 0. The molecule has 0 saturated carbocycles. The van der Waals surface area contributed by atoms with Crippen LogP contribution in [0.5, 0.6) is 11.5 Å². The summed E-state index contributed by atoms with van der Waals surface area (Å²) in [5.41, 5.74) is 0.940. The first-order valence-electron chi connectivity index (χ1n) is 9.21. The lowest BCUT2D eigenvalue weighted by Gasteiger charge is -2.34. The van der Waals surface area contributed by atoms with Crippen molar-refractivity contribution in [2.75, 3.05) is 39.9 Å². The quantitative estimate of drug-likeness (QED) is 0.644. The maximum Gasteiger partial charge on any atom is 0.260 e. The molecule has 0 radical (unpaired) electrons. The standard InChI is InChI=1S/C21H22ClFN2O4/c1-28-20-11-15(13-26)5-6-19(20)29-14-21(27)25-9-7-24(8-10-25)12-16-17(22)3-2-4-18(16)23/h2-6,11,13H,7-10,12,14H2,1H3. The molecule has 154 valence electrons. The minimum Gasteiger partial charge on any atom is -0.493 e. The molecule has 6 nitrogen and oxygen atoms in total. The van der Waals surface area contributed by atoms with Gasteiger partial charge in [0.2, 0.25) is 0 Å². The van der Waals surface area contributed by atoms with Crippen molar-refractivity contribution in [2.45, 2.75) is 6.54 Å². The van der Waals surface area contributed by atoms with E-state index in [4.69, 9.17) is 21.1 Å². The maximum atomic E-state index is 14.0. The number of aldehydes is 1. The maximum absolute atomic E-state index is 14.0. The second-order valence-corrected chi connectivity index (χ2v) is 7.08. The summed E-state index contributed by atoms with van der Waals surface area (Å²) in [4.78, 5) is 27.1.